The van der Waals surface area contributed by atoms with Gasteiger partial charge in [-0.1, -0.05) is 29.3 Å². The number of hydrogen-bond donors (Lipinski definition) is 1. The summed E-state index contributed by atoms with van der Waals surface area (Å²) in [6.45, 7) is 5.00. The van der Waals surface area contributed by atoms with Gasteiger partial charge in [-0.3, -0.25) is 0 Å². The highest BCUT2D eigenvalue weighted by Crippen LogP contribution is 2.26. The molecule has 0 amide bonds. The van der Waals surface area contributed by atoms with Crippen LogP contribution in [-0.2, 0) is 6.42 Å². The molecule has 0 spiro atoms. The molecule has 19 heavy (non-hydrogen) atoms. The number of aromatic nitrogens is 1. The lowest BCUT2D eigenvalue weighted by molar-refractivity contribution is 0.574. The second-order valence-corrected chi connectivity index (χ2v) is 6.36. The summed E-state index contributed by atoms with van der Waals surface area (Å²) in [5, 5.41) is 8.05. The third kappa shape index (κ3) is 4.18. The summed E-state index contributed by atoms with van der Waals surface area (Å²) >= 11 is 13.8. The third-order valence-corrected chi connectivity index (χ3v) is 4.31. The first-order valence-electron chi connectivity index (χ1n) is 6.15. The number of thiazole rings is 1. The van der Waals surface area contributed by atoms with Crippen molar-refractivity contribution in [3.05, 3.63) is 49.9 Å². The maximum Gasteiger partial charge on any atom is 0.0897 e. The molecular formula is C14H16Cl2N2S. The fraction of sp³-hybridized carbons (Fsp3) is 0.357. The molecule has 2 rings (SSSR count). The summed E-state index contributed by atoms with van der Waals surface area (Å²) in [5.74, 6) is 0. The van der Waals surface area contributed by atoms with Gasteiger partial charge < -0.3 is 5.32 Å². The lowest BCUT2D eigenvalue weighted by Crippen LogP contribution is -2.21. The van der Waals surface area contributed by atoms with Crippen LogP contribution in [-0.4, -0.2) is 11.5 Å². The molecule has 102 valence electrons. The Morgan fingerprint density at radius 2 is 2.16 bits per heavy atom. The zero-order valence-corrected chi connectivity index (χ0v) is 13.2. The minimum absolute atomic E-state index is 0.199. The van der Waals surface area contributed by atoms with Gasteiger partial charge >= 0.3 is 0 Å². The Morgan fingerprint density at radius 1 is 1.37 bits per heavy atom. The third-order valence-electron chi connectivity index (χ3n) is 2.93. The monoisotopic (exact) mass is 314 g/mol. The van der Waals surface area contributed by atoms with Gasteiger partial charge in [0.15, 0.2) is 0 Å². The molecule has 2 nitrogen and oxygen atoms in total. The first-order valence-corrected chi connectivity index (χ1v) is 7.79. The zero-order chi connectivity index (χ0) is 13.8. The molecule has 1 N–H and O–H groups in total. The molecular weight excluding hydrogens is 299 g/mol. The Balaban J connectivity index is 1.88. The number of halogens is 2. The van der Waals surface area contributed by atoms with E-state index in [-0.39, 0.29) is 6.04 Å². The van der Waals surface area contributed by atoms with Gasteiger partial charge in [0.1, 0.15) is 0 Å². The van der Waals surface area contributed by atoms with Crippen LogP contribution in [0.25, 0.3) is 0 Å². The van der Waals surface area contributed by atoms with Crippen LogP contribution in [0.15, 0.2) is 23.6 Å². The predicted molar refractivity (Wildman–Crippen MR) is 83.4 cm³/mol. The van der Waals surface area contributed by atoms with E-state index in [2.05, 4.69) is 22.6 Å². The molecule has 1 aromatic carbocycles. The van der Waals surface area contributed by atoms with Gasteiger partial charge in [0.25, 0.3) is 0 Å². The number of nitrogens with one attached hydrogen (secondary N) is 1. The van der Waals surface area contributed by atoms with Crippen LogP contribution in [0.2, 0.25) is 10.0 Å². The van der Waals surface area contributed by atoms with E-state index in [1.807, 2.05) is 19.1 Å². The van der Waals surface area contributed by atoms with Crippen LogP contribution in [0.1, 0.15) is 29.2 Å². The van der Waals surface area contributed by atoms with E-state index in [1.165, 1.54) is 0 Å². The van der Waals surface area contributed by atoms with Gasteiger partial charge in [-0.05, 0) is 31.5 Å². The second kappa shape index (κ2) is 6.71. The normalized spacial score (nSPS) is 12.6. The molecule has 1 aromatic heterocycles. The molecule has 0 saturated heterocycles. The summed E-state index contributed by atoms with van der Waals surface area (Å²) in [4.78, 5) is 4.44. The van der Waals surface area contributed by atoms with Gasteiger partial charge in [-0.25, -0.2) is 4.98 Å². The SMILES string of the molecule is Cc1nc(CCNC(C)c2ccc(Cl)cc2Cl)cs1. The first-order chi connectivity index (χ1) is 9.06. The molecule has 0 fully saturated rings. The summed E-state index contributed by atoms with van der Waals surface area (Å²) in [5.41, 5.74) is 2.21. The number of hydrogen-bond acceptors (Lipinski definition) is 3. The van der Waals surface area contributed by atoms with E-state index >= 15 is 0 Å². The Bertz CT molecular complexity index is 554. The van der Waals surface area contributed by atoms with Crippen LogP contribution < -0.4 is 5.32 Å². The number of benzene rings is 1. The quantitative estimate of drug-likeness (QED) is 0.868. The smallest absolute Gasteiger partial charge is 0.0897 e. The predicted octanol–water partition coefficient (Wildman–Crippen LogP) is 4.65. The van der Waals surface area contributed by atoms with Crippen molar-refractivity contribution in [2.45, 2.75) is 26.3 Å². The molecule has 1 heterocycles. The van der Waals surface area contributed by atoms with Gasteiger partial charge in [-0.2, -0.15) is 0 Å². The molecule has 5 heteroatoms. The van der Waals surface area contributed by atoms with Crippen LogP contribution in [0.5, 0.6) is 0 Å². The summed E-state index contributed by atoms with van der Waals surface area (Å²) in [6, 6.07) is 5.81. The molecule has 0 radical (unpaired) electrons. The molecule has 1 atom stereocenters. The molecule has 0 aliphatic heterocycles. The van der Waals surface area contributed by atoms with Crippen LogP contribution in [0.3, 0.4) is 0 Å². The number of aryl methyl sites for hydroxylation is 1. The second-order valence-electron chi connectivity index (χ2n) is 4.45. The summed E-state index contributed by atoms with van der Waals surface area (Å²) in [6.07, 6.45) is 0.930. The van der Waals surface area contributed by atoms with Crippen molar-refractivity contribution in [2.24, 2.45) is 0 Å². The lowest BCUT2D eigenvalue weighted by atomic mass is 10.1. The standard InChI is InChI=1S/C14H16Cl2N2S/c1-9(13-4-3-11(15)7-14(13)16)17-6-5-12-8-19-10(2)18-12/h3-4,7-9,17H,5-6H2,1-2H3. The van der Waals surface area contributed by atoms with Gasteiger partial charge in [-0.15, -0.1) is 11.3 Å². The van der Waals surface area contributed by atoms with Crippen molar-refractivity contribution in [3.63, 3.8) is 0 Å². The van der Waals surface area contributed by atoms with Crippen LogP contribution in [0.4, 0.5) is 0 Å². The maximum atomic E-state index is 6.19. The summed E-state index contributed by atoms with van der Waals surface area (Å²) in [7, 11) is 0. The fourth-order valence-electron chi connectivity index (χ4n) is 1.90. The minimum Gasteiger partial charge on any atom is -0.310 e. The summed E-state index contributed by atoms with van der Waals surface area (Å²) < 4.78 is 0. The lowest BCUT2D eigenvalue weighted by Gasteiger charge is -2.15. The van der Waals surface area contributed by atoms with E-state index < -0.39 is 0 Å². The van der Waals surface area contributed by atoms with Crippen molar-refractivity contribution in [1.29, 1.82) is 0 Å². The Kier molecular flexibility index (Phi) is 5.22. The highest BCUT2D eigenvalue weighted by atomic mass is 35.5. The van der Waals surface area contributed by atoms with Crippen molar-refractivity contribution in [2.75, 3.05) is 6.54 Å². The Morgan fingerprint density at radius 3 is 2.79 bits per heavy atom. The van der Waals surface area contributed by atoms with Gasteiger partial charge in [0, 0.05) is 34.4 Å². The van der Waals surface area contributed by atoms with Gasteiger partial charge in [0.2, 0.25) is 0 Å². The largest absolute Gasteiger partial charge is 0.310 e. The van der Waals surface area contributed by atoms with E-state index in [0.29, 0.717) is 10.0 Å². The van der Waals surface area contributed by atoms with Crippen molar-refractivity contribution < 1.29 is 0 Å². The average Bonchev–Trinajstić information content (AvgIpc) is 2.75. The Hall–Kier alpha value is -0.610. The molecule has 0 saturated carbocycles. The van der Waals surface area contributed by atoms with Crippen molar-refractivity contribution in [3.8, 4) is 0 Å². The van der Waals surface area contributed by atoms with Crippen molar-refractivity contribution in [1.82, 2.24) is 10.3 Å². The zero-order valence-electron chi connectivity index (χ0n) is 10.9. The first kappa shape index (κ1) is 14.8. The highest BCUT2D eigenvalue weighted by Gasteiger charge is 2.09. The highest BCUT2D eigenvalue weighted by molar-refractivity contribution is 7.09. The number of nitrogens with zero attached hydrogens (tertiary/aromatic N) is 1. The number of rotatable bonds is 5. The molecule has 0 aliphatic carbocycles. The van der Waals surface area contributed by atoms with E-state index in [0.717, 1.165) is 29.2 Å². The molecule has 0 bridgehead atoms. The van der Waals surface area contributed by atoms with Gasteiger partial charge in [0.05, 0.1) is 10.7 Å². The fourth-order valence-corrected chi connectivity index (χ4v) is 3.12. The maximum absolute atomic E-state index is 6.19. The topological polar surface area (TPSA) is 24.9 Å². The molecule has 1 unspecified atom stereocenters. The van der Waals surface area contributed by atoms with Crippen LogP contribution >= 0.6 is 34.5 Å². The van der Waals surface area contributed by atoms with E-state index in [1.54, 1.807) is 17.4 Å². The van der Waals surface area contributed by atoms with Crippen molar-refractivity contribution >= 4 is 34.5 Å². The molecule has 0 aliphatic rings. The molecule has 2 aromatic rings. The minimum atomic E-state index is 0.199. The van der Waals surface area contributed by atoms with Crippen LogP contribution in [0, 0.1) is 6.92 Å². The average molecular weight is 315 g/mol. The Labute approximate surface area is 127 Å². The van der Waals surface area contributed by atoms with E-state index in [4.69, 9.17) is 23.2 Å². The van der Waals surface area contributed by atoms with E-state index in [9.17, 15) is 0 Å².